The van der Waals surface area contributed by atoms with Gasteiger partial charge in [0.25, 0.3) is 0 Å². The molecule has 0 aliphatic carbocycles. The summed E-state index contributed by atoms with van der Waals surface area (Å²) >= 11 is 0. The molecule has 0 aromatic heterocycles. The van der Waals surface area contributed by atoms with Crippen LogP contribution in [0.3, 0.4) is 0 Å². The van der Waals surface area contributed by atoms with Crippen LogP contribution in [0.15, 0.2) is 36.4 Å². The highest BCUT2D eigenvalue weighted by Gasteiger charge is 2.38. The van der Waals surface area contributed by atoms with Crippen molar-refractivity contribution >= 4 is 11.4 Å². The lowest BCUT2D eigenvalue weighted by Gasteiger charge is -2.42. The van der Waals surface area contributed by atoms with Crippen LogP contribution in [0.2, 0.25) is 0 Å². The molecule has 0 radical (unpaired) electrons. The van der Waals surface area contributed by atoms with Gasteiger partial charge < -0.3 is 15.5 Å². The maximum absolute atomic E-state index is 12.7. The van der Waals surface area contributed by atoms with E-state index in [0.29, 0.717) is 18.4 Å². The summed E-state index contributed by atoms with van der Waals surface area (Å²) < 4.78 is 38.2. The molecule has 1 saturated heterocycles. The van der Waals surface area contributed by atoms with Gasteiger partial charge >= 0.3 is 6.18 Å². The van der Waals surface area contributed by atoms with Crippen molar-refractivity contribution in [3.8, 4) is 0 Å². The van der Waals surface area contributed by atoms with Gasteiger partial charge in [-0.1, -0.05) is 12.1 Å². The van der Waals surface area contributed by atoms with Crippen LogP contribution >= 0.6 is 0 Å². The van der Waals surface area contributed by atoms with Crippen molar-refractivity contribution in [1.82, 2.24) is 5.32 Å². The zero-order valence-electron chi connectivity index (χ0n) is 15.6. The SMILES string of the molecule is FC(F)(F)c1ccc(CNc2cc3c4c(c2)C2CNCC2CN4CCC3)cc1. The quantitative estimate of drug-likeness (QED) is 0.818. The summed E-state index contributed by atoms with van der Waals surface area (Å²) in [5.74, 6) is 1.24. The molecule has 2 unspecified atom stereocenters. The molecule has 0 bridgehead atoms. The number of rotatable bonds is 3. The third kappa shape index (κ3) is 3.13. The lowest BCUT2D eigenvalue weighted by Crippen LogP contribution is -2.41. The number of hydrogen-bond donors (Lipinski definition) is 2. The topological polar surface area (TPSA) is 27.3 Å². The minimum absolute atomic E-state index is 0.520. The number of fused-ring (bicyclic) bond motifs is 2. The summed E-state index contributed by atoms with van der Waals surface area (Å²) in [6, 6.07) is 9.91. The maximum Gasteiger partial charge on any atom is 0.416 e. The Labute approximate surface area is 162 Å². The number of alkyl halides is 3. The molecule has 3 aliphatic heterocycles. The molecule has 0 spiro atoms. The summed E-state index contributed by atoms with van der Waals surface area (Å²) in [7, 11) is 0. The van der Waals surface area contributed by atoms with E-state index in [1.807, 2.05) is 0 Å². The normalized spacial score (nSPS) is 23.3. The van der Waals surface area contributed by atoms with Gasteiger partial charge in [0, 0.05) is 50.0 Å². The monoisotopic (exact) mass is 387 g/mol. The summed E-state index contributed by atoms with van der Waals surface area (Å²) in [6.45, 7) is 4.93. The molecule has 2 N–H and O–H groups in total. The van der Waals surface area contributed by atoms with Crippen LogP contribution in [0.1, 0.15) is 34.6 Å². The summed E-state index contributed by atoms with van der Waals surface area (Å²) in [4.78, 5) is 2.56. The molecule has 2 aromatic rings. The fraction of sp³-hybridized carbons (Fsp3) is 0.455. The van der Waals surface area contributed by atoms with E-state index in [0.717, 1.165) is 56.0 Å². The lowest BCUT2D eigenvalue weighted by molar-refractivity contribution is -0.137. The number of aryl methyl sites for hydroxylation is 1. The summed E-state index contributed by atoms with van der Waals surface area (Å²) in [6.07, 6.45) is -2.01. The maximum atomic E-state index is 12.7. The van der Waals surface area contributed by atoms with Crippen LogP contribution in [-0.2, 0) is 19.1 Å². The Bertz CT molecular complexity index is 876. The summed E-state index contributed by atoms with van der Waals surface area (Å²) in [5, 5.41) is 6.99. The van der Waals surface area contributed by atoms with Gasteiger partial charge in [0.05, 0.1) is 5.56 Å². The Kier molecular flexibility index (Phi) is 4.27. The number of nitrogens with one attached hydrogen (secondary N) is 2. The zero-order valence-corrected chi connectivity index (χ0v) is 15.6. The number of nitrogens with zero attached hydrogens (tertiary/aromatic N) is 1. The van der Waals surface area contributed by atoms with E-state index in [4.69, 9.17) is 0 Å². The molecule has 0 amide bonds. The minimum atomic E-state index is -4.29. The van der Waals surface area contributed by atoms with Crippen molar-refractivity contribution in [2.45, 2.75) is 31.5 Å². The minimum Gasteiger partial charge on any atom is -0.381 e. The first-order chi connectivity index (χ1) is 13.5. The number of hydrogen-bond acceptors (Lipinski definition) is 3. The molecule has 2 atom stereocenters. The highest BCUT2D eigenvalue weighted by molar-refractivity contribution is 5.70. The Balaban J connectivity index is 1.39. The second-order valence-corrected chi connectivity index (χ2v) is 8.20. The van der Waals surface area contributed by atoms with Gasteiger partial charge in [-0.3, -0.25) is 0 Å². The van der Waals surface area contributed by atoms with Crippen molar-refractivity contribution < 1.29 is 13.2 Å². The molecule has 3 aliphatic rings. The van der Waals surface area contributed by atoms with Crippen LogP contribution in [0, 0.1) is 5.92 Å². The van der Waals surface area contributed by atoms with Gasteiger partial charge in [-0.25, -0.2) is 0 Å². The molecule has 0 saturated carbocycles. The zero-order chi connectivity index (χ0) is 19.3. The van der Waals surface area contributed by atoms with E-state index < -0.39 is 11.7 Å². The van der Waals surface area contributed by atoms with E-state index in [2.05, 4.69) is 27.7 Å². The fourth-order valence-corrected chi connectivity index (χ4v) is 5.02. The molecule has 5 rings (SSSR count). The van der Waals surface area contributed by atoms with Gasteiger partial charge in [0.15, 0.2) is 0 Å². The lowest BCUT2D eigenvalue weighted by atomic mass is 9.80. The number of benzene rings is 2. The Hall–Kier alpha value is -2.21. The van der Waals surface area contributed by atoms with Gasteiger partial charge in [0.1, 0.15) is 0 Å². The van der Waals surface area contributed by atoms with Crippen LogP contribution < -0.4 is 15.5 Å². The van der Waals surface area contributed by atoms with Crippen molar-refractivity contribution in [3.63, 3.8) is 0 Å². The Morgan fingerprint density at radius 3 is 2.71 bits per heavy atom. The Morgan fingerprint density at radius 2 is 1.93 bits per heavy atom. The van der Waals surface area contributed by atoms with Gasteiger partial charge in [-0.15, -0.1) is 0 Å². The second-order valence-electron chi connectivity index (χ2n) is 8.20. The number of anilines is 2. The van der Waals surface area contributed by atoms with Crippen LogP contribution in [0.4, 0.5) is 24.5 Å². The van der Waals surface area contributed by atoms with Crippen LogP contribution in [0.5, 0.6) is 0 Å². The first-order valence-corrected chi connectivity index (χ1v) is 10.0. The molecular formula is C22H24F3N3. The van der Waals surface area contributed by atoms with Crippen molar-refractivity contribution in [2.75, 3.05) is 36.4 Å². The first kappa shape index (κ1) is 17.9. The molecule has 3 heterocycles. The molecule has 3 nitrogen and oxygen atoms in total. The van der Waals surface area contributed by atoms with Crippen LogP contribution in [-0.4, -0.2) is 26.2 Å². The first-order valence-electron chi connectivity index (χ1n) is 10.0. The predicted octanol–water partition coefficient (Wildman–Crippen LogP) is 4.39. The highest BCUT2D eigenvalue weighted by Crippen LogP contribution is 2.45. The van der Waals surface area contributed by atoms with E-state index >= 15 is 0 Å². The van der Waals surface area contributed by atoms with Crippen molar-refractivity contribution in [1.29, 1.82) is 0 Å². The highest BCUT2D eigenvalue weighted by atomic mass is 19.4. The molecule has 148 valence electrons. The van der Waals surface area contributed by atoms with Crippen molar-refractivity contribution in [3.05, 3.63) is 58.7 Å². The van der Waals surface area contributed by atoms with Gasteiger partial charge in [-0.2, -0.15) is 13.2 Å². The largest absolute Gasteiger partial charge is 0.416 e. The van der Waals surface area contributed by atoms with Crippen LogP contribution in [0.25, 0.3) is 0 Å². The van der Waals surface area contributed by atoms with E-state index in [1.165, 1.54) is 23.2 Å². The molecule has 6 heteroatoms. The second kappa shape index (κ2) is 6.69. The summed E-state index contributed by atoms with van der Waals surface area (Å²) in [5.41, 5.74) is 5.60. The van der Waals surface area contributed by atoms with E-state index in [-0.39, 0.29) is 0 Å². The molecule has 2 aromatic carbocycles. The van der Waals surface area contributed by atoms with Crippen molar-refractivity contribution in [2.24, 2.45) is 5.92 Å². The Morgan fingerprint density at radius 1 is 1.11 bits per heavy atom. The average molecular weight is 387 g/mol. The molecule has 1 fully saturated rings. The fourth-order valence-electron chi connectivity index (χ4n) is 5.02. The smallest absolute Gasteiger partial charge is 0.381 e. The third-order valence-electron chi connectivity index (χ3n) is 6.38. The van der Waals surface area contributed by atoms with Gasteiger partial charge in [0.2, 0.25) is 0 Å². The number of halogens is 3. The standard InChI is InChI=1S/C22H24F3N3/c23-22(24,25)17-5-3-14(4-6-17)10-27-18-8-15-2-1-7-28-13-16-11-26-12-20(16)19(9-18)21(15)28/h3-6,8-9,16,20,26-27H,1-2,7,10-13H2. The molecular weight excluding hydrogens is 363 g/mol. The predicted molar refractivity (Wildman–Crippen MR) is 105 cm³/mol. The third-order valence-corrected chi connectivity index (χ3v) is 6.38. The average Bonchev–Trinajstić information content (AvgIpc) is 3.15. The van der Waals surface area contributed by atoms with Gasteiger partial charge in [-0.05, 0) is 59.7 Å². The van der Waals surface area contributed by atoms with E-state index in [1.54, 1.807) is 12.1 Å². The molecule has 28 heavy (non-hydrogen) atoms. The van der Waals surface area contributed by atoms with E-state index in [9.17, 15) is 13.2 Å².